The van der Waals surface area contributed by atoms with Crippen molar-refractivity contribution in [3.05, 3.63) is 77.6 Å². The summed E-state index contributed by atoms with van der Waals surface area (Å²) < 4.78 is 30.0. The third-order valence-corrected chi connectivity index (χ3v) is 7.97. The number of hydrogen-bond donors (Lipinski definition) is 1. The van der Waals surface area contributed by atoms with Crippen molar-refractivity contribution in [2.45, 2.75) is 32.0 Å². The summed E-state index contributed by atoms with van der Waals surface area (Å²) in [6, 6.07) is 18.4. The van der Waals surface area contributed by atoms with Crippen LogP contribution in [-0.2, 0) is 13.1 Å². The molecule has 1 fully saturated rings. The molecule has 3 aromatic carbocycles. The van der Waals surface area contributed by atoms with Gasteiger partial charge in [-0.3, -0.25) is 4.79 Å². The van der Waals surface area contributed by atoms with Gasteiger partial charge in [-0.1, -0.05) is 12.1 Å². The minimum absolute atomic E-state index is 0.000645. The minimum Gasteiger partial charge on any atom is -0.497 e. The molecule has 2 aliphatic heterocycles. The van der Waals surface area contributed by atoms with E-state index in [9.17, 15) is 9.18 Å². The first-order chi connectivity index (χ1) is 19.5. The van der Waals surface area contributed by atoms with E-state index in [0.29, 0.717) is 49.6 Å². The van der Waals surface area contributed by atoms with Crippen molar-refractivity contribution in [1.29, 1.82) is 0 Å². The molecule has 0 spiro atoms. The van der Waals surface area contributed by atoms with E-state index in [0.717, 1.165) is 52.1 Å². The molecule has 4 heterocycles. The van der Waals surface area contributed by atoms with Crippen LogP contribution in [0.15, 0.2) is 60.7 Å². The second kappa shape index (κ2) is 9.67. The second-order valence-corrected chi connectivity index (χ2v) is 10.6. The van der Waals surface area contributed by atoms with Crippen LogP contribution in [0.5, 0.6) is 11.5 Å². The maximum Gasteiger partial charge on any atom is 0.254 e. The molecular formula is C31H30FN5O3. The molecule has 204 valence electrons. The minimum atomic E-state index is -0.293. The SMILES string of the molecule is COc1ccc(Cn2c(-c3nc4cc(C(=O)N5CCC[C@@H](N)C5)cc5c4n3CCO5)cc3ccc(F)cc32)cc1. The van der Waals surface area contributed by atoms with E-state index in [1.54, 1.807) is 19.2 Å². The van der Waals surface area contributed by atoms with Gasteiger partial charge < -0.3 is 29.2 Å². The third-order valence-electron chi connectivity index (χ3n) is 7.97. The Morgan fingerprint density at radius 2 is 1.98 bits per heavy atom. The Kier molecular flexibility index (Phi) is 5.96. The normalized spacial score (nSPS) is 16.9. The molecule has 0 radical (unpaired) electrons. The van der Waals surface area contributed by atoms with Gasteiger partial charge in [0.2, 0.25) is 0 Å². The molecule has 2 aliphatic rings. The zero-order valence-corrected chi connectivity index (χ0v) is 22.3. The zero-order valence-electron chi connectivity index (χ0n) is 22.3. The van der Waals surface area contributed by atoms with Crippen LogP contribution in [0.4, 0.5) is 4.39 Å². The smallest absolute Gasteiger partial charge is 0.254 e. The molecule has 0 aliphatic carbocycles. The van der Waals surface area contributed by atoms with Crippen molar-refractivity contribution < 1.29 is 18.7 Å². The summed E-state index contributed by atoms with van der Waals surface area (Å²) in [4.78, 5) is 20.3. The van der Waals surface area contributed by atoms with Crippen molar-refractivity contribution in [3.63, 3.8) is 0 Å². The number of nitrogens with two attached hydrogens (primary N) is 1. The number of hydrogen-bond acceptors (Lipinski definition) is 5. The number of nitrogens with zero attached hydrogens (tertiary/aromatic N) is 4. The van der Waals surface area contributed by atoms with E-state index >= 15 is 0 Å². The fourth-order valence-corrected chi connectivity index (χ4v) is 6.00. The van der Waals surface area contributed by atoms with Gasteiger partial charge in [0.25, 0.3) is 5.91 Å². The number of aromatic nitrogens is 3. The maximum absolute atomic E-state index is 14.4. The van der Waals surface area contributed by atoms with Crippen LogP contribution in [0.25, 0.3) is 33.5 Å². The fourth-order valence-electron chi connectivity index (χ4n) is 6.00. The van der Waals surface area contributed by atoms with Crippen molar-refractivity contribution in [2.24, 2.45) is 5.73 Å². The zero-order chi connectivity index (χ0) is 27.4. The maximum atomic E-state index is 14.4. The number of rotatable bonds is 5. The van der Waals surface area contributed by atoms with Crippen LogP contribution >= 0.6 is 0 Å². The number of piperidine rings is 1. The van der Waals surface area contributed by atoms with Gasteiger partial charge in [0.05, 0.1) is 30.4 Å². The Balaban J connectivity index is 1.36. The first-order valence-electron chi connectivity index (χ1n) is 13.6. The fraction of sp³-hybridized carbons (Fsp3) is 0.290. The number of ether oxygens (including phenoxy) is 2. The molecule has 0 bridgehead atoms. The van der Waals surface area contributed by atoms with Crippen molar-refractivity contribution in [2.75, 3.05) is 26.8 Å². The lowest BCUT2D eigenvalue weighted by Crippen LogP contribution is -2.45. The Morgan fingerprint density at radius 1 is 1.12 bits per heavy atom. The lowest BCUT2D eigenvalue weighted by atomic mass is 10.0. The highest BCUT2D eigenvalue weighted by Crippen LogP contribution is 2.37. The number of likely N-dealkylation sites (tertiary alicyclic amines) is 1. The van der Waals surface area contributed by atoms with Gasteiger partial charge >= 0.3 is 0 Å². The molecule has 8 nitrogen and oxygen atoms in total. The summed E-state index contributed by atoms with van der Waals surface area (Å²) >= 11 is 0. The molecule has 0 saturated carbocycles. The number of halogens is 1. The molecular weight excluding hydrogens is 509 g/mol. The van der Waals surface area contributed by atoms with E-state index < -0.39 is 0 Å². The van der Waals surface area contributed by atoms with E-state index in [1.165, 1.54) is 6.07 Å². The first kappa shape index (κ1) is 24.7. The Labute approximate surface area is 230 Å². The van der Waals surface area contributed by atoms with Gasteiger partial charge in [-0.2, -0.15) is 0 Å². The van der Waals surface area contributed by atoms with Crippen molar-refractivity contribution in [3.8, 4) is 23.0 Å². The number of fused-ring (bicyclic) bond motifs is 1. The van der Waals surface area contributed by atoms with Crippen LogP contribution in [0.1, 0.15) is 28.8 Å². The number of methoxy groups -OCH3 is 1. The molecule has 9 heteroatoms. The molecule has 2 aromatic heterocycles. The predicted octanol–water partition coefficient (Wildman–Crippen LogP) is 4.81. The van der Waals surface area contributed by atoms with E-state index in [4.69, 9.17) is 20.2 Å². The van der Waals surface area contributed by atoms with Crippen LogP contribution in [0.3, 0.4) is 0 Å². The van der Waals surface area contributed by atoms with Crippen molar-refractivity contribution in [1.82, 2.24) is 19.0 Å². The van der Waals surface area contributed by atoms with Crippen LogP contribution < -0.4 is 15.2 Å². The molecule has 1 saturated heterocycles. The van der Waals surface area contributed by atoms with Gasteiger partial charge in [-0.15, -0.1) is 0 Å². The Morgan fingerprint density at radius 3 is 2.77 bits per heavy atom. The van der Waals surface area contributed by atoms with Crippen molar-refractivity contribution >= 4 is 27.8 Å². The average molecular weight is 540 g/mol. The Bertz CT molecular complexity index is 1760. The number of benzene rings is 3. The van der Waals surface area contributed by atoms with Gasteiger partial charge in [0, 0.05) is 36.6 Å². The van der Waals surface area contributed by atoms with Crippen LogP contribution in [0.2, 0.25) is 0 Å². The molecule has 5 aromatic rings. The topological polar surface area (TPSA) is 87.5 Å². The molecule has 1 amide bonds. The third kappa shape index (κ3) is 4.17. The second-order valence-electron chi connectivity index (χ2n) is 10.6. The van der Waals surface area contributed by atoms with E-state index in [2.05, 4.69) is 15.2 Å². The van der Waals surface area contributed by atoms with Gasteiger partial charge in [0.15, 0.2) is 5.82 Å². The average Bonchev–Trinajstić information content (AvgIpc) is 3.52. The summed E-state index contributed by atoms with van der Waals surface area (Å²) in [5, 5.41) is 0.925. The Hall–Kier alpha value is -4.37. The number of carbonyl (C=O) groups excluding carboxylic acids is 1. The van der Waals surface area contributed by atoms with Gasteiger partial charge in [-0.25, -0.2) is 9.37 Å². The van der Waals surface area contributed by atoms with E-state index in [1.807, 2.05) is 41.3 Å². The molecule has 1 atom stereocenters. The predicted molar refractivity (Wildman–Crippen MR) is 151 cm³/mol. The van der Waals surface area contributed by atoms with E-state index in [-0.39, 0.29) is 17.8 Å². The summed E-state index contributed by atoms with van der Waals surface area (Å²) in [6.07, 6.45) is 1.83. The van der Waals surface area contributed by atoms with Crippen LogP contribution in [0, 0.1) is 5.82 Å². The first-order valence-corrected chi connectivity index (χ1v) is 13.6. The summed E-state index contributed by atoms with van der Waals surface area (Å²) in [5.74, 6) is 1.84. The molecule has 7 rings (SSSR count). The highest BCUT2D eigenvalue weighted by molar-refractivity contribution is 6.00. The highest BCUT2D eigenvalue weighted by Gasteiger charge is 2.28. The summed E-state index contributed by atoms with van der Waals surface area (Å²) in [5.41, 5.74) is 11.0. The number of carbonyl (C=O) groups is 1. The largest absolute Gasteiger partial charge is 0.497 e. The van der Waals surface area contributed by atoms with Gasteiger partial charge in [-0.05, 0) is 66.9 Å². The summed E-state index contributed by atoms with van der Waals surface area (Å²) in [7, 11) is 1.64. The molecule has 0 unspecified atom stereocenters. The number of amides is 1. The van der Waals surface area contributed by atoms with Crippen LogP contribution in [-0.4, -0.2) is 57.8 Å². The number of imidazole rings is 1. The monoisotopic (exact) mass is 539 g/mol. The van der Waals surface area contributed by atoms with Gasteiger partial charge in [0.1, 0.15) is 29.4 Å². The lowest BCUT2D eigenvalue weighted by Gasteiger charge is -2.31. The lowest BCUT2D eigenvalue weighted by molar-refractivity contribution is 0.0708. The quantitative estimate of drug-likeness (QED) is 0.346. The standard InChI is InChI=1S/C31H30FN5O3/c1-39-24-8-4-19(5-9-24)17-37-26-16-22(32)7-6-20(26)14-27(37)30-34-25-13-21(15-28-29(25)36(30)11-12-40-28)31(38)35-10-2-3-23(33)18-35/h4-9,13-16,23H,2-3,10-12,17-18,33H2,1H3/t23-/m1/s1. The molecule has 2 N–H and O–H groups in total. The molecule has 40 heavy (non-hydrogen) atoms. The highest BCUT2D eigenvalue weighted by atomic mass is 19.1. The summed E-state index contributed by atoms with van der Waals surface area (Å²) in [6.45, 7) is 2.85.